The Morgan fingerprint density at radius 2 is 1.80 bits per heavy atom. The number of thiazole rings is 1. The highest BCUT2D eigenvalue weighted by Crippen LogP contribution is 2.37. The molecule has 0 atom stereocenters. The van der Waals surface area contributed by atoms with Crippen LogP contribution in [0.15, 0.2) is 59.6 Å². The number of nitrogens with one attached hydrogen (secondary N) is 3. The number of aromatic nitrogens is 1. The number of sulfonamides is 1. The van der Waals surface area contributed by atoms with E-state index in [4.69, 9.17) is 4.74 Å². The van der Waals surface area contributed by atoms with Crippen LogP contribution >= 0.6 is 24.2 Å². The second kappa shape index (κ2) is 13.1. The van der Waals surface area contributed by atoms with Crippen molar-refractivity contribution >= 4 is 57.3 Å². The lowest BCUT2D eigenvalue weighted by Crippen LogP contribution is -2.40. The molecule has 2 aromatic carbocycles. The van der Waals surface area contributed by atoms with Gasteiger partial charge < -0.3 is 19.1 Å². The van der Waals surface area contributed by atoms with Gasteiger partial charge in [-0.3, -0.25) is 5.32 Å². The van der Waals surface area contributed by atoms with Crippen molar-refractivity contribution in [2.75, 3.05) is 23.3 Å². The molecule has 41 heavy (non-hydrogen) atoms. The van der Waals surface area contributed by atoms with E-state index in [2.05, 4.69) is 42.3 Å². The molecular weight excluding hydrogens is 587 g/mol. The number of benzene rings is 2. The molecular formula is C27H33N5O6S3. The van der Waals surface area contributed by atoms with E-state index in [1.165, 1.54) is 17.4 Å². The number of rotatable bonds is 8. The van der Waals surface area contributed by atoms with Crippen LogP contribution in [0.25, 0.3) is 10.4 Å². The van der Waals surface area contributed by atoms with E-state index in [0.29, 0.717) is 42.9 Å². The molecule has 0 aliphatic carbocycles. The number of ether oxygens (including phenoxy) is 1. The third kappa shape index (κ3) is 8.58. The number of carbonyl (C=O) groups is 2. The standard InChI is InChI=1S/C27H33N5O6S3/c1-27(2,3)31-41(35,36)23-15-19(30-26(34)38-39)9-10-21(23)22-17-28-24(40-22)32-13-11-20(12-14-32)37-25(33)29-16-18-7-5-4-6-8-18/h4-10,15,17,20,31,39H,11-14,16H2,1-3H3,(H,29,33)(H,30,34). The van der Waals surface area contributed by atoms with Crippen molar-refractivity contribution < 1.29 is 26.9 Å². The van der Waals surface area contributed by atoms with Crippen molar-refractivity contribution in [3.63, 3.8) is 0 Å². The van der Waals surface area contributed by atoms with Gasteiger partial charge in [-0.15, -0.1) is 0 Å². The van der Waals surface area contributed by atoms with Crippen LogP contribution in [-0.4, -0.2) is 50.3 Å². The Hall–Kier alpha value is -3.33. The summed E-state index contributed by atoms with van der Waals surface area (Å²) in [4.78, 5) is 31.2. The highest BCUT2D eigenvalue weighted by Gasteiger charge is 2.28. The predicted molar refractivity (Wildman–Crippen MR) is 162 cm³/mol. The summed E-state index contributed by atoms with van der Waals surface area (Å²) >= 11 is 4.84. The third-order valence-electron chi connectivity index (χ3n) is 6.07. The molecule has 2 heterocycles. The maximum atomic E-state index is 13.4. The zero-order valence-corrected chi connectivity index (χ0v) is 25.4. The maximum absolute atomic E-state index is 13.4. The van der Waals surface area contributed by atoms with Crippen LogP contribution < -0.4 is 20.3 Å². The summed E-state index contributed by atoms with van der Waals surface area (Å²) in [6, 6.07) is 14.2. The first-order valence-corrected chi connectivity index (χ1v) is 15.6. The molecule has 220 valence electrons. The average Bonchev–Trinajstić information content (AvgIpc) is 3.42. The van der Waals surface area contributed by atoms with E-state index in [-0.39, 0.29) is 16.7 Å². The van der Waals surface area contributed by atoms with Gasteiger partial charge in [-0.25, -0.2) is 27.7 Å². The number of nitrogens with zero attached hydrogens (tertiary/aromatic N) is 2. The quantitative estimate of drug-likeness (QED) is 0.200. The number of hydrogen-bond donors (Lipinski definition) is 4. The van der Waals surface area contributed by atoms with Crippen molar-refractivity contribution in [1.29, 1.82) is 0 Å². The molecule has 0 saturated carbocycles. The number of alkyl carbamates (subject to hydrolysis) is 1. The van der Waals surface area contributed by atoms with Gasteiger partial charge in [0.2, 0.25) is 10.0 Å². The summed E-state index contributed by atoms with van der Waals surface area (Å²) in [5.41, 5.74) is 0.952. The first kappa shape index (κ1) is 30.6. The predicted octanol–water partition coefficient (Wildman–Crippen LogP) is 5.18. The van der Waals surface area contributed by atoms with Gasteiger partial charge in [0.05, 0.1) is 9.77 Å². The van der Waals surface area contributed by atoms with Crippen molar-refractivity contribution in [2.45, 2.75) is 56.7 Å². The minimum absolute atomic E-state index is 0.00628. The lowest BCUT2D eigenvalue weighted by molar-refractivity contribution is 0.0828. The Morgan fingerprint density at radius 3 is 2.46 bits per heavy atom. The second-order valence-electron chi connectivity index (χ2n) is 10.5. The van der Waals surface area contributed by atoms with E-state index >= 15 is 0 Å². The van der Waals surface area contributed by atoms with Crippen LogP contribution in [0.1, 0.15) is 39.2 Å². The Kier molecular flexibility index (Phi) is 9.79. The molecule has 2 amide bonds. The molecule has 1 aliphatic heterocycles. The van der Waals surface area contributed by atoms with Gasteiger partial charge in [0.25, 0.3) is 0 Å². The summed E-state index contributed by atoms with van der Waals surface area (Å²) < 4.78 is 39.3. The number of hydrogen-bond acceptors (Lipinski definition) is 10. The number of carbonyl (C=O) groups excluding carboxylic acids is 2. The van der Waals surface area contributed by atoms with E-state index in [1.807, 2.05) is 30.3 Å². The number of thiol groups is 1. The smallest absolute Gasteiger partial charge is 0.423 e. The van der Waals surface area contributed by atoms with Crippen LogP contribution in [-0.2, 0) is 25.5 Å². The molecule has 3 N–H and O–H groups in total. The van der Waals surface area contributed by atoms with Crippen LogP contribution in [0.3, 0.4) is 0 Å². The van der Waals surface area contributed by atoms with Crippen LogP contribution in [0.5, 0.6) is 0 Å². The summed E-state index contributed by atoms with van der Waals surface area (Å²) in [7, 11) is -3.97. The third-order valence-corrected chi connectivity index (χ3v) is 9.12. The summed E-state index contributed by atoms with van der Waals surface area (Å²) in [5, 5.41) is 5.97. The summed E-state index contributed by atoms with van der Waals surface area (Å²) in [6.45, 7) is 6.91. The van der Waals surface area contributed by atoms with Crippen molar-refractivity contribution in [1.82, 2.24) is 15.0 Å². The van der Waals surface area contributed by atoms with Gasteiger partial charge in [-0.2, -0.15) is 0 Å². The first-order chi connectivity index (χ1) is 19.4. The molecule has 3 aromatic rings. The fraction of sp³-hybridized carbons (Fsp3) is 0.370. The molecule has 0 unspecified atom stereocenters. The maximum Gasteiger partial charge on any atom is 0.423 e. The minimum atomic E-state index is -3.97. The lowest BCUT2D eigenvalue weighted by Gasteiger charge is -2.31. The normalized spacial score (nSPS) is 14.4. The van der Waals surface area contributed by atoms with Crippen molar-refractivity contribution in [3.05, 3.63) is 60.3 Å². The molecule has 0 bridgehead atoms. The Morgan fingerprint density at radius 1 is 1.10 bits per heavy atom. The Bertz CT molecular complexity index is 1470. The summed E-state index contributed by atoms with van der Waals surface area (Å²) in [5.74, 6) is 0. The minimum Gasteiger partial charge on any atom is -0.446 e. The Balaban J connectivity index is 1.44. The fourth-order valence-electron chi connectivity index (χ4n) is 4.29. The molecule has 1 aliphatic rings. The largest absolute Gasteiger partial charge is 0.446 e. The van der Waals surface area contributed by atoms with Crippen LogP contribution in [0.2, 0.25) is 0 Å². The van der Waals surface area contributed by atoms with E-state index < -0.39 is 27.7 Å². The molecule has 14 heteroatoms. The molecule has 1 aromatic heterocycles. The summed E-state index contributed by atoms with van der Waals surface area (Å²) in [6.07, 6.45) is 1.44. The number of anilines is 2. The van der Waals surface area contributed by atoms with Crippen LogP contribution in [0.4, 0.5) is 20.4 Å². The molecule has 0 radical (unpaired) electrons. The highest BCUT2D eigenvalue weighted by atomic mass is 32.2. The van der Waals surface area contributed by atoms with Gasteiger partial charge in [0.1, 0.15) is 6.10 Å². The van der Waals surface area contributed by atoms with Gasteiger partial charge in [0.15, 0.2) is 5.13 Å². The van der Waals surface area contributed by atoms with Gasteiger partial charge in [-0.1, -0.05) is 47.7 Å². The van der Waals surface area contributed by atoms with E-state index in [0.717, 1.165) is 10.7 Å². The van der Waals surface area contributed by atoms with Gasteiger partial charge in [0, 0.05) is 68.4 Å². The Labute approximate surface area is 249 Å². The topological polar surface area (TPSA) is 139 Å². The molecule has 1 fully saturated rings. The lowest BCUT2D eigenvalue weighted by atomic mass is 10.1. The fourth-order valence-corrected chi connectivity index (χ4v) is 7.07. The monoisotopic (exact) mass is 619 g/mol. The number of piperidine rings is 1. The van der Waals surface area contributed by atoms with Crippen molar-refractivity contribution in [3.8, 4) is 10.4 Å². The number of amides is 2. The van der Waals surface area contributed by atoms with Crippen molar-refractivity contribution in [2.24, 2.45) is 0 Å². The van der Waals surface area contributed by atoms with Crippen LogP contribution in [0, 0.1) is 0 Å². The second-order valence-corrected chi connectivity index (χ2v) is 13.4. The first-order valence-electron chi connectivity index (χ1n) is 12.9. The zero-order valence-electron chi connectivity index (χ0n) is 22.9. The van der Waals surface area contributed by atoms with E-state index in [1.54, 1.807) is 39.1 Å². The molecule has 0 spiro atoms. The SMILES string of the molecule is CC(C)(C)NS(=O)(=O)c1cc(NC(=O)OS)ccc1-c1cnc(N2CCC(OC(=O)NCc3ccccc3)CC2)s1. The average molecular weight is 620 g/mol. The molecule has 4 rings (SSSR count). The molecule has 11 nitrogen and oxygen atoms in total. The van der Waals surface area contributed by atoms with E-state index in [9.17, 15) is 18.0 Å². The zero-order chi connectivity index (χ0) is 29.6. The highest BCUT2D eigenvalue weighted by molar-refractivity contribution is 7.89. The molecule has 1 saturated heterocycles. The van der Waals surface area contributed by atoms with Gasteiger partial charge in [-0.05, 0) is 38.5 Å². The van der Waals surface area contributed by atoms with Gasteiger partial charge >= 0.3 is 12.2 Å².